The Morgan fingerprint density at radius 1 is 0.766 bits per heavy atom. The summed E-state index contributed by atoms with van der Waals surface area (Å²) in [6, 6.07) is 0. The molecular formula is C47H83+. The predicted molar refractivity (Wildman–Crippen MR) is 205 cm³/mol. The van der Waals surface area contributed by atoms with Crippen molar-refractivity contribution < 1.29 is 0 Å². The molecule has 1 spiro atoms. The lowest BCUT2D eigenvalue weighted by atomic mass is 9.34. The zero-order chi connectivity index (χ0) is 34.7. The molecule has 0 amide bonds. The summed E-state index contributed by atoms with van der Waals surface area (Å²) in [5.74, 6) is 11.9. The highest BCUT2D eigenvalue weighted by Crippen LogP contribution is 2.84. The van der Waals surface area contributed by atoms with Crippen molar-refractivity contribution in [3.8, 4) is 0 Å². The molecule has 0 aromatic carbocycles. The van der Waals surface area contributed by atoms with E-state index in [-0.39, 0.29) is 0 Å². The number of hydrogen-bond donors (Lipinski definition) is 0. The Hall–Kier alpha value is -0.130. The van der Waals surface area contributed by atoms with Gasteiger partial charge in [-0.3, -0.25) is 0 Å². The predicted octanol–water partition coefficient (Wildman–Crippen LogP) is 14.3. The first-order chi connectivity index (χ1) is 21.8. The molecule has 0 aromatic rings. The number of hydrogen-bond acceptors (Lipinski definition) is 0. The monoisotopic (exact) mass is 648 g/mol. The van der Waals surface area contributed by atoms with E-state index in [2.05, 4.69) is 104 Å². The highest BCUT2D eigenvalue weighted by molar-refractivity contribution is 5.25. The highest BCUT2D eigenvalue weighted by Gasteiger charge is 2.77. The van der Waals surface area contributed by atoms with E-state index < -0.39 is 0 Å². The van der Waals surface area contributed by atoms with Crippen LogP contribution in [0.15, 0.2) is 0 Å². The minimum absolute atomic E-state index is 0.334. The summed E-state index contributed by atoms with van der Waals surface area (Å²) < 4.78 is 0. The van der Waals surface area contributed by atoms with Gasteiger partial charge in [-0.25, -0.2) is 0 Å². The Balaban J connectivity index is 1.86. The van der Waals surface area contributed by atoms with Gasteiger partial charge in [0.25, 0.3) is 0 Å². The van der Waals surface area contributed by atoms with Gasteiger partial charge in [0.2, 0.25) is 0 Å². The van der Waals surface area contributed by atoms with Gasteiger partial charge in [-0.05, 0) is 168 Å². The van der Waals surface area contributed by atoms with Crippen LogP contribution in [0.2, 0.25) is 0 Å². The molecule has 0 heteroatoms. The third-order valence-electron chi connectivity index (χ3n) is 19.9. The Morgan fingerprint density at radius 2 is 1.45 bits per heavy atom. The number of rotatable bonds is 7. The molecule has 15 unspecified atom stereocenters. The molecule has 270 valence electrons. The Bertz CT molecular complexity index is 1120. The van der Waals surface area contributed by atoms with Gasteiger partial charge in [0.1, 0.15) is 0 Å². The molecule has 15 atom stereocenters. The average Bonchev–Trinajstić information content (AvgIpc) is 3.27. The zero-order valence-corrected chi connectivity index (χ0v) is 34.6. The Kier molecular flexibility index (Phi) is 9.33. The van der Waals surface area contributed by atoms with Gasteiger partial charge in [-0.1, -0.05) is 103 Å². The van der Waals surface area contributed by atoms with Crippen LogP contribution in [0.3, 0.4) is 0 Å². The van der Waals surface area contributed by atoms with Gasteiger partial charge >= 0.3 is 0 Å². The van der Waals surface area contributed by atoms with Crippen molar-refractivity contribution in [2.75, 3.05) is 0 Å². The second-order valence-corrected chi connectivity index (χ2v) is 22.4. The summed E-state index contributed by atoms with van der Waals surface area (Å²) in [4.78, 5) is 0. The lowest BCUT2D eigenvalue weighted by Gasteiger charge is -2.70. The summed E-state index contributed by atoms with van der Waals surface area (Å²) in [7, 11) is 0. The molecule has 8 bridgehead atoms. The molecule has 5 fully saturated rings. The summed E-state index contributed by atoms with van der Waals surface area (Å²) in [6.45, 7) is 41.4. The summed E-state index contributed by atoms with van der Waals surface area (Å²) in [6.07, 6.45) is 19.1. The molecule has 0 nitrogen and oxygen atoms in total. The van der Waals surface area contributed by atoms with Crippen LogP contribution in [0.1, 0.15) is 187 Å². The van der Waals surface area contributed by atoms with Crippen LogP contribution in [0.4, 0.5) is 0 Å². The van der Waals surface area contributed by atoms with Crippen molar-refractivity contribution in [1.29, 1.82) is 0 Å². The van der Waals surface area contributed by atoms with Crippen molar-refractivity contribution in [2.24, 2.45) is 104 Å². The Labute approximate surface area is 295 Å². The van der Waals surface area contributed by atoms with E-state index in [1.807, 2.05) is 0 Å². The van der Waals surface area contributed by atoms with Gasteiger partial charge in [0, 0.05) is 0 Å². The topological polar surface area (TPSA) is 0 Å². The van der Waals surface area contributed by atoms with E-state index in [1.54, 1.807) is 18.8 Å². The van der Waals surface area contributed by atoms with E-state index in [9.17, 15) is 0 Å². The fourth-order valence-corrected chi connectivity index (χ4v) is 18.0. The maximum atomic E-state index is 2.94. The smallest absolute Gasteiger partial charge is 0.0654 e. The summed E-state index contributed by atoms with van der Waals surface area (Å²) in [5.41, 5.74) is 2.27. The van der Waals surface area contributed by atoms with Crippen molar-refractivity contribution >= 4 is 0 Å². The summed E-state index contributed by atoms with van der Waals surface area (Å²) >= 11 is 0. The first kappa shape index (κ1) is 36.7. The van der Waals surface area contributed by atoms with Gasteiger partial charge in [0.05, 0.1) is 26.2 Å². The highest BCUT2D eigenvalue weighted by atomic mass is 14.8. The van der Waals surface area contributed by atoms with Crippen LogP contribution in [-0.2, 0) is 0 Å². The normalized spacial score (nSPS) is 53.0. The largest absolute Gasteiger partial charge is 0.0897 e. The van der Waals surface area contributed by atoms with E-state index in [0.29, 0.717) is 38.4 Å². The van der Waals surface area contributed by atoms with Gasteiger partial charge in [0.15, 0.2) is 0 Å². The van der Waals surface area contributed by atoms with Crippen LogP contribution in [0, 0.1) is 109 Å². The van der Waals surface area contributed by atoms with Crippen molar-refractivity contribution in [2.45, 2.75) is 187 Å². The minimum atomic E-state index is 0.334. The van der Waals surface area contributed by atoms with Gasteiger partial charge < -0.3 is 0 Å². The van der Waals surface area contributed by atoms with Crippen LogP contribution >= 0.6 is 0 Å². The van der Waals surface area contributed by atoms with Crippen LogP contribution < -0.4 is 0 Å². The van der Waals surface area contributed by atoms with Crippen molar-refractivity contribution in [3.63, 3.8) is 0 Å². The van der Waals surface area contributed by atoms with Crippen LogP contribution in [0.5, 0.6) is 0 Å². The fourth-order valence-electron chi connectivity index (χ4n) is 18.0. The van der Waals surface area contributed by atoms with Crippen LogP contribution in [-0.4, -0.2) is 0 Å². The maximum Gasteiger partial charge on any atom is 0.0897 e. The maximum absolute atomic E-state index is 2.94. The molecule has 0 saturated heterocycles. The van der Waals surface area contributed by atoms with Gasteiger partial charge in [-0.15, -0.1) is 0 Å². The quantitative estimate of drug-likeness (QED) is 0.241. The third-order valence-corrected chi connectivity index (χ3v) is 19.9. The molecule has 0 aliphatic heterocycles. The summed E-state index contributed by atoms with van der Waals surface area (Å²) in [5, 5.41) is 0. The third kappa shape index (κ3) is 4.71. The second-order valence-electron chi connectivity index (χ2n) is 22.4. The van der Waals surface area contributed by atoms with E-state index in [4.69, 9.17) is 0 Å². The molecule has 5 rings (SSSR count). The van der Waals surface area contributed by atoms with E-state index in [0.717, 1.165) is 65.1 Å². The standard InChI is InChI=1S/C47H83/c1-16-22-46-26-35-23-31(7)37-20-19-34(10)42(11,12)44(15)27-45(25-33(9)41(36(37)17-2)47(46,28-44)30(5)6)39(24-32(8)40(35)45)38(43(46,13)14)21-18-29(3)4/h30-41H,16-28H2,1-15H3/q+1. The first-order valence-corrected chi connectivity index (χ1v) is 21.6. The van der Waals surface area contributed by atoms with E-state index >= 15 is 0 Å². The molecule has 5 aliphatic rings. The molecule has 0 heterocycles. The van der Waals surface area contributed by atoms with Crippen molar-refractivity contribution in [1.82, 2.24) is 0 Å². The lowest BCUT2D eigenvalue weighted by Crippen LogP contribution is -2.64. The zero-order valence-electron chi connectivity index (χ0n) is 34.6. The molecule has 47 heavy (non-hydrogen) atoms. The van der Waals surface area contributed by atoms with Gasteiger partial charge in [-0.2, -0.15) is 0 Å². The fraction of sp³-hybridized carbons (Fsp3) is 0.979. The Morgan fingerprint density at radius 3 is 2.04 bits per heavy atom. The molecule has 0 radical (unpaired) electrons. The van der Waals surface area contributed by atoms with Crippen LogP contribution in [0.25, 0.3) is 0 Å². The molecule has 5 saturated carbocycles. The minimum Gasteiger partial charge on any atom is -0.0654 e. The SMILES string of the molecule is CCCC12CC3CC(C)C4CCC(C)C(C)(C)C5(C)CC6(CC(C)C(C4CC)C1(C(C)C)C5)C(CC(C)C36)C(CC[C+](C)C)C2(C)C. The molecule has 0 aromatic heterocycles. The number of fused-ring (bicyclic) bond motifs is 5. The lowest BCUT2D eigenvalue weighted by molar-refractivity contribution is -0.224. The first-order valence-electron chi connectivity index (χ1n) is 21.6. The molecule has 5 aliphatic carbocycles. The average molecular weight is 648 g/mol. The van der Waals surface area contributed by atoms with E-state index in [1.165, 1.54) is 70.6 Å². The second kappa shape index (κ2) is 12.0. The van der Waals surface area contributed by atoms with Crippen molar-refractivity contribution in [3.05, 3.63) is 5.92 Å². The molecule has 0 N–H and O–H groups in total. The molecular weight excluding hydrogens is 565 g/mol.